The second kappa shape index (κ2) is 6.44. The van der Waals surface area contributed by atoms with Gasteiger partial charge >= 0.3 is 0 Å². The Morgan fingerprint density at radius 2 is 1.79 bits per heavy atom. The first kappa shape index (κ1) is 16.4. The van der Waals surface area contributed by atoms with Crippen LogP contribution in [0.1, 0.15) is 0 Å². The van der Waals surface area contributed by atoms with E-state index in [1.165, 1.54) is 5.39 Å². The summed E-state index contributed by atoms with van der Waals surface area (Å²) in [6, 6.07) is 18.1. The van der Waals surface area contributed by atoms with Gasteiger partial charge < -0.3 is 4.57 Å². The zero-order chi connectivity index (χ0) is 19.1. The summed E-state index contributed by atoms with van der Waals surface area (Å²) in [5.74, 6) is 7.03. The van der Waals surface area contributed by atoms with Crippen molar-refractivity contribution in [3.05, 3.63) is 79.4 Å². The Labute approximate surface area is 161 Å². The van der Waals surface area contributed by atoms with Crippen LogP contribution in [0, 0.1) is 0 Å². The summed E-state index contributed by atoms with van der Waals surface area (Å²) in [5, 5.41) is 2.77. The molecule has 0 aliphatic carbocycles. The molecule has 0 aliphatic heterocycles. The summed E-state index contributed by atoms with van der Waals surface area (Å²) >= 11 is 0. The van der Waals surface area contributed by atoms with Crippen LogP contribution in [0.2, 0.25) is 0 Å². The Bertz CT molecular complexity index is 1290. The van der Waals surface area contributed by atoms with Crippen LogP contribution in [0.4, 0.5) is 11.5 Å². The number of hydrogen-bond donors (Lipinski definition) is 1. The minimum atomic E-state index is 0.662. The number of nitrogens with two attached hydrogens (primary N) is 1. The molecule has 6 nitrogen and oxygen atoms in total. The van der Waals surface area contributed by atoms with Crippen molar-refractivity contribution in [2.24, 2.45) is 12.9 Å². The van der Waals surface area contributed by atoms with Gasteiger partial charge in [0, 0.05) is 42.9 Å². The van der Waals surface area contributed by atoms with E-state index in [2.05, 4.69) is 50.0 Å². The number of fused-ring (bicyclic) bond motifs is 2. The van der Waals surface area contributed by atoms with Crippen LogP contribution in [0.5, 0.6) is 0 Å². The molecule has 6 heteroatoms. The van der Waals surface area contributed by atoms with Crippen molar-refractivity contribution in [1.82, 2.24) is 19.5 Å². The van der Waals surface area contributed by atoms with E-state index >= 15 is 0 Å². The highest BCUT2D eigenvalue weighted by atomic mass is 15.4. The number of nitrogens with zero attached hydrogens (tertiary/aromatic N) is 5. The highest BCUT2D eigenvalue weighted by molar-refractivity contribution is 5.97. The number of hydrogen-bond acceptors (Lipinski definition) is 5. The zero-order valence-corrected chi connectivity index (χ0v) is 15.3. The zero-order valence-electron chi connectivity index (χ0n) is 15.3. The van der Waals surface area contributed by atoms with Gasteiger partial charge in [-0.05, 0) is 47.3 Å². The Balaban J connectivity index is 1.73. The predicted octanol–water partition coefficient (Wildman–Crippen LogP) is 4.20. The first-order valence-electron chi connectivity index (χ1n) is 8.97. The standard InChI is InChI=1S/C22H18N6/c1-27-11-7-15-5-6-16(12-20(15)27)18-13-17(14-19-22(18)26-10-9-24-19)28(23)21-4-2-3-8-25-21/h2-14H,23H2,1H3. The first-order valence-corrected chi connectivity index (χ1v) is 8.97. The topological polar surface area (TPSA) is 72.9 Å². The van der Waals surface area contributed by atoms with E-state index in [1.54, 1.807) is 23.6 Å². The van der Waals surface area contributed by atoms with Crippen molar-refractivity contribution >= 4 is 33.4 Å². The van der Waals surface area contributed by atoms with Crippen LogP contribution in [0.15, 0.2) is 79.4 Å². The second-order valence-electron chi connectivity index (χ2n) is 6.68. The molecular weight excluding hydrogens is 348 g/mol. The van der Waals surface area contributed by atoms with Gasteiger partial charge in [0.05, 0.1) is 16.7 Å². The fraction of sp³-hybridized carbons (Fsp3) is 0.0455. The van der Waals surface area contributed by atoms with Gasteiger partial charge in [0.1, 0.15) is 5.82 Å². The summed E-state index contributed by atoms with van der Waals surface area (Å²) < 4.78 is 2.11. The molecule has 2 aromatic carbocycles. The van der Waals surface area contributed by atoms with Gasteiger partial charge in [-0.1, -0.05) is 18.2 Å². The van der Waals surface area contributed by atoms with Crippen molar-refractivity contribution in [3.8, 4) is 11.1 Å². The molecule has 136 valence electrons. The lowest BCUT2D eigenvalue weighted by Crippen LogP contribution is -2.25. The summed E-state index contributed by atoms with van der Waals surface area (Å²) in [5.41, 5.74) is 5.64. The number of hydrazine groups is 1. The maximum absolute atomic E-state index is 6.37. The highest BCUT2D eigenvalue weighted by Gasteiger charge is 2.14. The Morgan fingerprint density at radius 3 is 2.64 bits per heavy atom. The molecule has 5 aromatic rings. The third-order valence-corrected chi connectivity index (χ3v) is 4.93. The molecule has 3 aromatic heterocycles. The Hall–Kier alpha value is -3.77. The number of aromatic nitrogens is 4. The predicted molar refractivity (Wildman–Crippen MR) is 112 cm³/mol. The normalized spacial score (nSPS) is 11.2. The Morgan fingerprint density at radius 1 is 0.893 bits per heavy atom. The number of pyridine rings is 1. The molecule has 0 saturated heterocycles. The molecule has 0 spiro atoms. The third-order valence-electron chi connectivity index (χ3n) is 4.93. The average Bonchev–Trinajstić information content (AvgIpc) is 3.13. The quantitative estimate of drug-likeness (QED) is 0.383. The number of anilines is 2. The van der Waals surface area contributed by atoms with Crippen molar-refractivity contribution < 1.29 is 0 Å². The van der Waals surface area contributed by atoms with Crippen LogP contribution in [0.3, 0.4) is 0 Å². The van der Waals surface area contributed by atoms with E-state index in [-0.39, 0.29) is 0 Å². The average molecular weight is 366 g/mol. The fourth-order valence-corrected chi connectivity index (χ4v) is 3.48. The molecule has 28 heavy (non-hydrogen) atoms. The largest absolute Gasteiger partial charge is 0.351 e. The van der Waals surface area contributed by atoms with Gasteiger partial charge in [-0.15, -0.1) is 0 Å². The van der Waals surface area contributed by atoms with Crippen molar-refractivity contribution in [2.75, 3.05) is 5.01 Å². The molecule has 0 fully saturated rings. The molecule has 0 aliphatic rings. The molecule has 0 radical (unpaired) electrons. The van der Waals surface area contributed by atoms with Crippen molar-refractivity contribution in [3.63, 3.8) is 0 Å². The van der Waals surface area contributed by atoms with E-state index < -0.39 is 0 Å². The molecule has 3 heterocycles. The third kappa shape index (κ3) is 2.67. The van der Waals surface area contributed by atoms with Crippen molar-refractivity contribution in [2.45, 2.75) is 0 Å². The van der Waals surface area contributed by atoms with Gasteiger partial charge in [-0.2, -0.15) is 0 Å². The maximum Gasteiger partial charge on any atom is 0.147 e. The molecule has 0 saturated carbocycles. The van der Waals surface area contributed by atoms with Gasteiger partial charge in [-0.3, -0.25) is 15.0 Å². The highest BCUT2D eigenvalue weighted by Crippen LogP contribution is 2.34. The van der Waals surface area contributed by atoms with E-state index in [0.29, 0.717) is 5.82 Å². The molecule has 5 rings (SSSR count). The summed E-state index contributed by atoms with van der Waals surface area (Å²) in [4.78, 5) is 13.4. The van der Waals surface area contributed by atoms with Crippen LogP contribution in [-0.2, 0) is 7.05 Å². The van der Waals surface area contributed by atoms with Crippen LogP contribution >= 0.6 is 0 Å². The minimum absolute atomic E-state index is 0.662. The molecule has 2 N–H and O–H groups in total. The maximum atomic E-state index is 6.37. The lowest BCUT2D eigenvalue weighted by Gasteiger charge is -2.19. The summed E-state index contributed by atoms with van der Waals surface area (Å²) in [7, 11) is 2.04. The number of rotatable bonds is 3. The van der Waals surface area contributed by atoms with Crippen LogP contribution in [0.25, 0.3) is 33.1 Å². The van der Waals surface area contributed by atoms with Gasteiger partial charge in [0.25, 0.3) is 0 Å². The molecular formula is C22H18N6. The molecule has 0 atom stereocenters. The number of benzene rings is 2. The Kier molecular flexibility index (Phi) is 3.77. The summed E-state index contributed by atoms with van der Waals surface area (Å²) in [6.45, 7) is 0. The van der Waals surface area contributed by atoms with Crippen molar-refractivity contribution in [1.29, 1.82) is 0 Å². The van der Waals surface area contributed by atoms with Crippen LogP contribution in [-0.4, -0.2) is 19.5 Å². The minimum Gasteiger partial charge on any atom is -0.351 e. The molecule has 0 bridgehead atoms. The van der Waals surface area contributed by atoms with E-state index in [9.17, 15) is 0 Å². The molecule has 0 amide bonds. The second-order valence-corrected chi connectivity index (χ2v) is 6.68. The van der Waals surface area contributed by atoms with Crippen LogP contribution < -0.4 is 10.9 Å². The lowest BCUT2D eigenvalue weighted by atomic mass is 10.0. The fourth-order valence-electron chi connectivity index (χ4n) is 3.48. The first-order chi connectivity index (χ1) is 13.7. The smallest absolute Gasteiger partial charge is 0.147 e. The van der Waals surface area contributed by atoms with Gasteiger partial charge in [-0.25, -0.2) is 10.8 Å². The van der Waals surface area contributed by atoms with Gasteiger partial charge in [0.2, 0.25) is 0 Å². The van der Waals surface area contributed by atoms with E-state index in [0.717, 1.165) is 33.4 Å². The lowest BCUT2D eigenvalue weighted by molar-refractivity contribution is 0.969. The van der Waals surface area contributed by atoms with E-state index in [1.807, 2.05) is 37.4 Å². The van der Waals surface area contributed by atoms with Gasteiger partial charge in [0.15, 0.2) is 0 Å². The SMILES string of the molecule is Cn1ccc2ccc(-c3cc(N(N)c4ccccn4)cc4nccnc34)cc21. The van der Waals surface area contributed by atoms with E-state index in [4.69, 9.17) is 5.84 Å². The number of aryl methyl sites for hydroxylation is 1. The monoisotopic (exact) mass is 366 g/mol. The molecule has 0 unspecified atom stereocenters. The summed E-state index contributed by atoms with van der Waals surface area (Å²) in [6.07, 6.45) is 7.19.